The van der Waals surface area contributed by atoms with Crippen molar-refractivity contribution in [3.05, 3.63) is 40.1 Å². The van der Waals surface area contributed by atoms with E-state index in [-0.39, 0.29) is 30.8 Å². The smallest absolute Gasteiger partial charge is 0.436 e. The lowest BCUT2D eigenvalue weighted by Crippen LogP contribution is -2.55. The number of methoxy groups -OCH3 is 1. The minimum atomic E-state index is -1.23. The Balaban J connectivity index is 2.24. The summed E-state index contributed by atoms with van der Waals surface area (Å²) in [5.74, 6) is -0.499. The monoisotopic (exact) mass is 462 g/mol. The van der Waals surface area contributed by atoms with Crippen molar-refractivity contribution in [1.29, 1.82) is 0 Å². The average Bonchev–Trinajstić information content (AvgIpc) is 2.96. The van der Waals surface area contributed by atoms with Gasteiger partial charge in [0.1, 0.15) is 5.54 Å². The predicted molar refractivity (Wildman–Crippen MR) is 117 cm³/mol. The molecule has 0 aliphatic carbocycles. The van der Waals surface area contributed by atoms with E-state index < -0.39 is 23.8 Å². The molecule has 1 aromatic carbocycles. The van der Waals surface area contributed by atoms with Crippen LogP contribution in [0.15, 0.2) is 17.9 Å². The third kappa shape index (κ3) is 4.53. The van der Waals surface area contributed by atoms with E-state index in [2.05, 4.69) is 4.74 Å². The van der Waals surface area contributed by atoms with Gasteiger partial charge in [0, 0.05) is 13.1 Å². The van der Waals surface area contributed by atoms with Crippen LogP contribution in [0.2, 0.25) is 0 Å². The Kier molecular flexibility index (Phi) is 7.28. The van der Waals surface area contributed by atoms with E-state index in [0.29, 0.717) is 18.7 Å². The molecule has 180 valence electrons. The number of nitrogens with zero attached hydrogens (tertiary/aromatic N) is 2. The molecule has 0 unspecified atom stereocenters. The maximum absolute atomic E-state index is 13.8. The predicted octanol–water partition coefficient (Wildman–Crippen LogP) is 3.43. The van der Waals surface area contributed by atoms with Crippen molar-refractivity contribution in [3.8, 4) is 0 Å². The number of carbonyl (C=O) groups excluding carboxylic acids is 3. The van der Waals surface area contributed by atoms with Crippen LogP contribution < -0.4 is 0 Å². The quantitative estimate of drug-likeness (QED) is 0.609. The van der Waals surface area contributed by atoms with Crippen molar-refractivity contribution in [2.45, 2.75) is 46.1 Å². The molecule has 1 fully saturated rings. The van der Waals surface area contributed by atoms with E-state index in [4.69, 9.17) is 19.1 Å². The molecule has 1 spiro atoms. The highest BCUT2D eigenvalue weighted by Crippen LogP contribution is 2.48. The van der Waals surface area contributed by atoms with Gasteiger partial charge in [0.2, 0.25) is 0 Å². The number of ether oxygens (including phenoxy) is 3. The van der Waals surface area contributed by atoms with Crippen LogP contribution in [0.4, 0.5) is 9.59 Å². The number of hydrogen-bond acceptors (Lipinski definition) is 9. The minimum absolute atomic E-state index is 0.0978. The van der Waals surface area contributed by atoms with Gasteiger partial charge < -0.3 is 23.9 Å². The summed E-state index contributed by atoms with van der Waals surface area (Å²) in [6.45, 7) is 8.27. The Morgan fingerprint density at radius 3 is 2.15 bits per heavy atom. The second-order valence-electron chi connectivity index (χ2n) is 8.05. The first-order valence-electron chi connectivity index (χ1n) is 10.8. The lowest BCUT2D eigenvalue weighted by atomic mass is 9.84. The number of carbonyl (C=O) groups is 3. The van der Waals surface area contributed by atoms with Crippen molar-refractivity contribution in [2.24, 2.45) is 0 Å². The molecule has 2 aliphatic heterocycles. The minimum Gasteiger partial charge on any atom is -0.436 e. The molecule has 2 aliphatic rings. The molecule has 10 heteroatoms. The van der Waals surface area contributed by atoms with Gasteiger partial charge in [0.15, 0.2) is 5.76 Å². The standard InChI is InChI=1S/C23H30N2O8/c1-7-31-22(28)32-19-18(17-15(3)12-14(2)13-16(17)4)20(26)25(33-21(27)29-5)23(19)8-10-24(30-6)11-9-23/h12-13H,7-11H2,1-6H3. The molecule has 0 N–H and O–H groups in total. The van der Waals surface area contributed by atoms with E-state index in [1.165, 1.54) is 0 Å². The maximum atomic E-state index is 13.8. The lowest BCUT2D eigenvalue weighted by molar-refractivity contribution is -0.215. The number of benzene rings is 1. The van der Waals surface area contributed by atoms with Crippen LogP contribution in [-0.4, -0.2) is 67.8 Å². The summed E-state index contributed by atoms with van der Waals surface area (Å²) in [6, 6.07) is 3.88. The Hall–Kier alpha value is -3.11. The molecule has 0 aromatic heterocycles. The molecule has 0 radical (unpaired) electrons. The lowest BCUT2D eigenvalue weighted by Gasteiger charge is -2.42. The van der Waals surface area contributed by atoms with E-state index in [1.54, 1.807) is 19.1 Å². The highest BCUT2D eigenvalue weighted by Gasteiger charge is 2.58. The van der Waals surface area contributed by atoms with Gasteiger partial charge in [-0.1, -0.05) is 17.7 Å². The zero-order valence-electron chi connectivity index (χ0n) is 19.9. The molecule has 0 bridgehead atoms. The summed E-state index contributed by atoms with van der Waals surface area (Å²) in [7, 11) is 2.71. The molecule has 1 amide bonds. The summed E-state index contributed by atoms with van der Waals surface area (Å²) >= 11 is 0. The fourth-order valence-corrected chi connectivity index (χ4v) is 4.60. The second kappa shape index (κ2) is 9.80. The SMILES string of the molecule is CCOC(=O)OC1=C(c2c(C)cc(C)cc2C)C(=O)N(OC(=O)OC)C12CCN(OC)CC2. The Morgan fingerprint density at radius 1 is 1.03 bits per heavy atom. The van der Waals surface area contributed by atoms with Crippen LogP contribution in [0.5, 0.6) is 0 Å². The van der Waals surface area contributed by atoms with Crippen LogP contribution in [0, 0.1) is 20.8 Å². The van der Waals surface area contributed by atoms with Crippen molar-refractivity contribution in [2.75, 3.05) is 33.9 Å². The second-order valence-corrected chi connectivity index (χ2v) is 8.05. The Morgan fingerprint density at radius 2 is 1.64 bits per heavy atom. The number of hydrogen-bond donors (Lipinski definition) is 0. The van der Waals surface area contributed by atoms with Crippen LogP contribution in [-0.2, 0) is 28.7 Å². The van der Waals surface area contributed by atoms with Crippen LogP contribution in [0.3, 0.4) is 0 Å². The summed E-state index contributed by atoms with van der Waals surface area (Å²) in [4.78, 5) is 49.0. The molecule has 0 saturated carbocycles. The number of amides is 1. The molecule has 1 aromatic rings. The molecule has 10 nitrogen and oxygen atoms in total. The van der Waals surface area contributed by atoms with Crippen molar-refractivity contribution in [1.82, 2.24) is 10.1 Å². The van der Waals surface area contributed by atoms with Gasteiger partial charge in [-0.05, 0) is 57.2 Å². The Labute approximate surface area is 192 Å². The largest absolute Gasteiger partial charge is 0.533 e. The van der Waals surface area contributed by atoms with Gasteiger partial charge in [0.05, 0.1) is 26.4 Å². The van der Waals surface area contributed by atoms with Crippen molar-refractivity contribution >= 4 is 23.8 Å². The number of piperidine rings is 1. The molecular formula is C23H30N2O8. The highest BCUT2D eigenvalue weighted by molar-refractivity contribution is 6.24. The zero-order valence-corrected chi connectivity index (χ0v) is 19.9. The van der Waals surface area contributed by atoms with E-state index in [0.717, 1.165) is 28.9 Å². The molecular weight excluding hydrogens is 432 g/mol. The summed E-state index contributed by atoms with van der Waals surface area (Å²) in [6.07, 6.45) is -1.42. The highest BCUT2D eigenvalue weighted by atomic mass is 16.8. The first kappa shape index (κ1) is 24.5. The molecule has 3 rings (SSSR count). The van der Waals surface area contributed by atoms with Crippen molar-refractivity contribution in [3.63, 3.8) is 0 Å². The normalized spacial score (nSPS) is 18.0. The van der Waals surface area contributed by atoms with E-state index >= 15 is 0 Å². The average molecular weight is 462 g/mol. The molecule has 0 atom stereocenters. The molecule has 2 heterocycles. The van der Waals surface area contributed by atoms with Gasteiger partial charge in [-0.25, -0.2) is 9.59 Å². The van der Waals surface area contributed by atoms with Gasteiger partial charge >= 0.3 is 12.3 Å². The van der Waals surface area contributed by atoms with Gasteiger partial charge in [-0.15, -0.1) is 0 Å². The molecule has 1 saturated heterocycles. The first-order valence-corrected chi connectivity index (χ1v) is 10.8. The third-order valence-corrected chi connectivity index (χ3v) is 5.95. The van der Waals surface area contributed by atoms with Crippen molar-refractivity contribution < 1.29 is 38.3 Å². The topological polar surface area (TPSA) is 104 Å². The summed E-state index contributed by atoms with van der Waals surface area (Å²) < 4.78 is 15.4. The fourth-order valence-electron chi connectivity index (χ4n) is 4.60. The van der Waals surface area contributed by atoms with Gasteiger partial charge in [-0.2, -0.15) is 10.1 Å². The van der Waals surface area contributed by atoms with E-state index in [9.17, 15) is 14.4 Å². The number of hydroxylamine groups is 4. The fraction of sp³-hybridized carbons (Fsp3) is 0.522. The van der Waals surface area contributed by atoms with E-state index in [1.807, 2.05) is 32.9 Å². The first-order chi connectivity index (χ1) is 15.7. The van der Waals surface area contributed by atoms with Gasteiger partial charge in [0.25, 0.3) is 5.91 Å². The number of aryl methyl sites for hydroxylation is 3. The van der Waals surface area contributed by atoms with Crippen LogP contribution in [0.25, 0.3) is 5.57 Å². The van der Waals surface area contributed by atoms with Crippen LogP contribution >= 0.6 is 0 Å². The van der Waals surface area contributed by atoms with Crippen LogP contribution in [0.1, 0.15) is 42.0 Å². The third-order valence-electron chi connectivity index (χ3n) is 5.95. The zero-order chi connectivity index (χ0) is 24.3. The number of rotatable bonds is 5. The Bertz CT molecular complexity index is 956. The summed E-state index contributed by atoms with van der Waals surface area (Å²) in [5.41, 5.74) is 2.22. The molecule has 33 heavy (non-hydrogen) atoms. The summed E-state index contributed by atoms with van der Waals surface area (Å²) in [5, 5.41) is 2.70. The van der Waals surface area contributed by atoms with Gasteiger partial charge in [-0.3, -0.25) is 4.79 Å². The maximum Gasteiger partial charge on any atom is 0.533 e.